The Balaban J connectivity index is 1.73. The standard InChI is InChI=1S/C19H18N4O2/c24-8-7-23-12-16(18(22-23)9-13-3-5-20-6-4-13)14-1-2-15-11-19(25)21-17(15)10-14/h1-6,10,12,24H,7-9,11H2,(H,21,25). The lowest BCUT2D eigenvalue weighted by atomic mass is 10.00. The second-order valence-electron chi connectivity index (χ2n) is 6.11. The van der Waals surface area contributed by atoms with Crippen LogP contribution in [0.1, 0.15) is 16.8 Å². The zero-order chi connectivity index (χ0) is 17.2. The summed E-state index contributed by atoms with van der Waals surface area (Å²) in [7, 11) is 0. The van der Waals surface area contributed by atoms with Gasteiger partial charge in [0.2, 0.25) is 5.91 Å². The Kier molecular flexibility index (Phi) is 4.03. The molecule has 2 N–H and O–H groups in total. The van der Waals surface area contributed by atoms with Crippen LogP contribution in [0.15, 0.2) is 48.9 Å². The van der Waals surface area contributed by atoms with E-state index in [0.717, 1.165) is 33.6 Å². The summed E-state index contributed by atoms with van der Waals surface area (Å²) < 4.78 is 1.76. The van der Waals surface area contributed by atoms with Gasteiger partial charge in [-0.3, -0.25) is 14.5 Å². The van der Waals surface area contributed by atoms with E-state index in [1.54, 1.807) is 17.1 Å². The lowest BCUT2D eigenvalue weighted by Gasteiger charge is -2.05. The molecular formula is C19H18N4O2. The van der Waals surface area contributed by atoms with E-state index in [0.29, 0.717) is 19.4 Å². The van der Waals surface area contributed by atoms with Crippen molar-refractivity contribution >= 4 is 11.6 Å². The lowest BCUT2D eigenvalue weighted by Crippen LogP contribution is -2.03. The highest BCUT2D eigenvalue weighted by Gasteiger charge is 2.19. The fourth-order valence-corrected chi connectivity index (χ4v) is 3.13. The van der Waals surface area contributed by atoms with Crippen LogP contribution in [0.25, 0.3) is 11.1 Å². The molecule has 0 spiro atoms. The van der Waals surface area contributed by atoms with Crippen molar-refractivity contribution in [1.82, 2.24) is 14.8 Å². The van der Waals surface area contributed by atoms with Crippen molar-refractivity contribution in [3.8, 4) is 11.1 Å². The van der Waals surface area contributed by atoms with Gasteiger partial charge in [-0.2, -0.15) is 5.10 Å². The van der Waals surface area contributed by atoms with Gasteiger partial charge in [0.1, 0.15) is 0 Å². The van der Waals surface area contributed by atoms with Gasteiger partial charge >= 0.3 is 0 Å². The number of nitrogens with one attached hydrogen (secondary N) is 1. The number of aliphatic hydroxyl groups excluding tert-OH is 1. The van der Waals surface area contributed by atoms with Crippen molar-refractivity contribution in [2.24, 2.45) is 0 Å². The van der Waals surface area contributed by atoms with Crippen molar-refractivity contribution in [3.05, 3.63) is 65.7 Å². The number of fused-ring (bicyclic) bond motifs is 1. The number of nitrogens with zero attached hydrogens (tertiary/aromatic N) is 3. The lowest BCUT2D eigenvalue weighted by molar-refractivity contribution is -0.115. The van der Waals surface area contributed by atoms with E-state index in [1.165, 1.54) is 0 Å². The first kappa shape index (κ1) is 15.5. The summed E-state index contributed by atoms with van der Waals surface area (Å²) >= 11 is 0. The highest BCUT2D eigenvalue weighted by Crippen LogP contribution is 2.31. The molecular weight excluding hydrogens is 316 g/mol. The number of carbonyl (C=O) groups excluding carboxylic acids is 1. The Hall–Kier alpha value is -2.99. The van der Waals surface area contributed by atoms with Crippen LogP contribution < -0.4 is 5.32 Å². The summed E-state index contributed by atoms with van der Waals surface area (Å²) in [4.78, 5) is 15.6. The van der Waals surface area contributed by atoms with E-state index in [4.69, 9.17) is 0 Å². The predicted molar refractivity (Wildman–Crippen MR) is 94.1 cm³/mol. The molecule has 0 saturated heterocycles. The van der Waals surface area contributed by atoms with Gasteiger partial charge < -0.3 is 10.4 Å². The molecule has 0 aliphatic carbocycles. The number of benzene rings is 1. The average molecular weight is 334 g/mol. The summed E-state index contributed by atoms with van der Waals surface area (Å²) in [6.07, 6.45) is 6.60. The monoisotopic (exact) mass is 334 g/mol. The molecule has 0 fully saturated rings. The normalized spacial score (nSPS) is 12.9. The summed E-state index contributed by atoms with van der Waals surface area (Å²) in [6.45, 7) is 0.487. The molecule has 1 aromatic carbocycles. The number of anilines is 1. The number of pyridine rings is 1. The summed E-state index contributed by atoms with van der Waals surface area (Å²) in [5, 5.41) is 16.7. The first-order valence-corrected chi connectivity index (χ1v) is 8.22. The molecule has 1 aliphatic heterocycles. The fourth-order valence-electron chi connectivity index (χ4n) is 3.13. The summed E-state index contributed by atoms with van der Waals surface area (Å²) in [5.74, 6) is 0.0279. The molecule has 0 bridgehead atoms. The second kappa shape index (κ2) is 6.49. The minimum absolute atomic E-state index is 0.0279. The van der Waals surface area contributed by atoms with Gasteiger partial charge in [0.15, 0.2) is 0 Å². The smallest absolute Gasteiger partial charge is 0.228 e. The maximum absolute atomic E-state index is 11.6. The van der Waals surface area contributed by atoms with Gasteiger partial charge in [-0.25, -0.2) is 0 Å². The maximum Gasteiger partial charge on any atom is 0.228 e. The Morgan fingerprint density at radius 1 is 1.20 bits per heavy atom. The molecule has 3 heterocycles. The zero-order valence-electron chi connectivity index (χ0n) is 13.6. The molecule has 3 aromatic rings. The van der Waals surface area contributed by atoms with Crippen molar-refractivity contribution < 1.29 is 9.90 Å². The van der Waals surface area contributed by atoms with Gasteiger partial charge in [-0.05, 0) is 34.9 Å². The zero-order valence-corrected chi connectivity index (χ0v) is 13.6. The molecule has 25 heavy (non-hydrogen) atoms. The first-order chi connectivity index (χ1) is 12.2. The Morgan fingerprint density at radius 3 is 2.84 bits per heavy atom. The van der Waals surface area contributed by atoms with Crippen LogP contribution >= 0.6 is 0 Å². The van der Waals surface area contributed by atoms with E-state index in [-0.39, 0.29) is 12.5 Å². The number of hydrogen-bond acceptors (Lipinski definition) is 4. The number of carbonyl (C=O) groups is 1. The van der Waals surface area contributed by atoms with Gasteiger partial charge in [0, 0.05) is 36.3 Å². The third-order valence-electron chi connectivity index (χ3n) is 4.33. The van der Waals surface area contributed by atoms with Crippen LogP contribution in [0.3, 0.4) is 0 Å². The van der Waals surface area contributed by atoms with Crippen LogP contribution in [-0.4, -0.2) is 32.4 Å². The first-order valence-electron chi connectivity index (χ1n) is 8.22. The van der Waals surface area contributed by atoms with Crippen molar-refractivity contribution in [3.63, 3.8) is 0 Å². The number of amides is 1. The van der Waals surface area contributed by atoms with Crippen LogP contribution in [0.4, 0.5) is 5.69 Å². The van der Waals surface area contributed by atoms with Gasteiger partial charge in [-0.1, -0.05) is 12.1 Å². The van der Waals surface area contributed by atoms with Crippen molar-refractivity contribution in [2.75, 3.05) is 11.9 Å². The largest absolute Gasteiger partial charge is 0.394 e. The van der Waals surface area contributed by atoms with Crippen molar-refractivity contribution in [1.29, 1.82) is 0 Å². The molecule has 1 aliphatic rings. The highest BCUT2D eigenvalue weighted by atomic mass is 16.3. The number of hydrogen-bond donors (Lipinski definition) is 2. The summed E-state index contributed by atoms with van der Waals surface area (Å²) in [5.41, 5.74) is 5.96. The quantitative estimate of drug-likeness (QED) is 0.748. The van der Waals surface area contributed by atoms with Gasteiger partial charge in [0.05, 0.1) is 25.3 Å². The molecule has 0 radical (unpaired) electrons. The number of aliphatic hydroxyl groups is 1. The maximum atomic E-state index is 11.6. The molecule has 0 unspecified atom stereocenters. The molecule has 6 heteroatoms. The van der Waals surface area contributed by atoms with E-state index in [1.807, 2.05) is 36.5 Å². The van der Waals surface area contributed by atoms with Crippen molar-refractivity contribution in [2.45, 2.75) is 19.4 Å². The van der Waals surface area contributed by atoms with Crippen LogP contribution in [0, 0.1) is 0 Å². The highest BCUT2D eigenvalue weighted by molar-refractivity contribution is 6.00. The van der Waals surface area contributed by atoms with E-state index < -0.39 is 0 Å². The average Bonchev–Trinajstić information content (AvgIpc) is 3.17. The molecule has 1 amide bonds. The van der Waals surface area contributed by atoms with Crippen LogP contribution in [-0.2, 0) is 24.2 Å². The Labute approximate surface area is 145 Å². The predicted octanol–water partition coefficient (Wildman–Crippen LogP) is 2.02. The Bertz CT molecular complexity index is 918. The topological polar surface area (TPSA) is 80.0 Å². The molecule has 6 nitrogen and oxygen atoms in total. The molecule has 2 aromatic heterocycles. The van der Waals surface area contributed by atoms with E-state index in [9.17, 15) is 9.90 Å². The third kappa shape index (κ3) is 3.16. The van der Waals surface area contributed by atoms with E-state index >= 15 is 0 Å². The number of rotatable bonds is 5. The Morgan fingerprint density at radius 2 is 2.04 bits per heavy atom. The van der Waals surface area contributed by atoms with Crippen LogP contribution in [0.2, 0.25) is 0 Å². The van der Waals surface area contributed by atoms with E-state index in [2.05, 4.69) is 15.4 Å². The molecule has 4 rings (SSSR count). The minimum atomic E-state index is 0.0279. The summed E-state index contributed by atoms with van der Waals surface area (Å²) in [6, 6.07) is 9.95. The minimum Gasteiger partial charge on any atom is -0.394 e. The fraction of sp³-hybridized carbons (Fsp3) is 0.211. The molecule has 126 valence electrons. The SMILES string of the molecule is O=C1Cc2ccc(-c3cn(CCO)nc3Cc3ccncc3)cc2N1. The molecule has 0 saturated carbocycles. The van der Waals surface area contributed by atoms with Crippen LogP contribution in [0.5, 0.6) is 0 Å². The molecule has 0 atom stereocenters. The van der Waals surface area contributed by atoms with Gasteiger partial charge in [0.25, 0.3) is 0 Å². The third-order valence-corrected chi connectivity index (χ3v) is 4.33. The number of aromatic nitrogens is 3. The second-order valence-corrected chi connectivity index (χ2v) is 6.11. The van der Waals surface area contributed by atoms with Gasteiger partial charge in [-0.15, -0.1) is 0 Å².